The Morgan fingerprint density at radius 2 is 1.41 bits per heavy atom. The van der Waals surface area contributed by atoms with Crippen LogP contribution in [0.25, 0.3) is 11.2 Å². The van der Waals surface area contributed by atoms with Gasteiger partial charge in [0.15, 0.2) is 29.3 Å². The zero-order chi connectivity index (χ0) is 36.7. The van der Waals surface area contributed by atoms with E-state index in [1.165, 1.54) is 42.1 Å². The van der Waals surface area contributed by atoms with Gasteiger partial charge in [0.05, 0.1) is 23.1 Å². The summed E-state index contributed by atoms with van der Waals surface area (Å²) in [7, 11) is 0. The predicted molar refractivity (Wildman–Crippen MR) is 171 cm³/mol. The Morgan fingerprint density at radius 1 is 0.824 bits per heavy atom. The molecule has 0 spiro atoms. The van der Waals surface area contributed by atoms with E-state index in [0.29, 0.717) is 12.8 Å². The topological polar surface area (TPSA) is 236 Å². The Morgan fingerprint density at radius 3 is 1.94 bits per heavy atom. The zero-order valence-corrected chi connectivity index (χ0v) is 27.4. The van der Waals surface area contributed by atoms with Gasteiger partial charge in [-0.1, -0.05) is 24.3 Å². The van der Waals surface area contributed by atoms with Crippen molar-refractivity contribution in [2.45, 2.75) is 45.9 Å². The lowest BCUT2D eigenvalue weighted by atomic mass is 10.1. The van der Waals surface area contributed by atoms with Gasteiger partial charge in [0.2, 0.25) is 18.2 Å². The number of rotatable bonds is 15. The van der Waals surface area contributed by atoms with Crippen LogP contribution in [-0.4, -0.2) is 73.2 Å². The molecule has 2 aromatic heterocycles. The first kappa shape index (κ1) is 35.6. The molecule has 2 aromatic carbocycles. The largest absolute Gasteiger partial charge is 0.476 e. The second kappa shape index (κ2) is 15.7. The van der Waals surface area contributed by atoms with Gasteiger partial charge in [-0.25, -0.2) is 4.98 Å². The minimum absolute atomic E-state index is 0.00124. The van der Waals surface area contributed by atoms with Crippen molar-refractivity contribution < 1.29 is 52.7 Å². The molecule has 3 heterocycles. The number of nitro groups is 2. The van der Waals surface area contributed by atoms with E-state index in [0.717, 1.165) is 25.0 Å². The predicted octanol–water partition coefficient (Wildman–Crippen LogP) is 3.68. The number of hydrogen-bond donors (Lipinski definition) is 0. The van der Waals surface area contributed by atoms with Crippen LogP contribution < -0.4 is 9.47 Å². The number of carbonyl (C=O) groups is 3. The molecule has 266 valence electrons. The second-order valence-corrected chi connectivity index (χ2v) is 10.9. The second-order valence-electron chi connectivity index (χ2n) is 10.9. The molecule has 0 fully saturated rings. The number of ether oxygens (including phenoxy) is 6. The number of fused-ring (bicyclic) bond motifs is 1. The highest BCUT2D eigenvalue weighted by molar-refractivity contribution is 5.77. The molecule has 0 aliphatic carbocycles. The summed E-state index contributed by atoms with van der Waals surface area (Å²) in [5.41, 5.74) is 1.64. The van der Waals surface area contributed by atoms with Crippen LogP contribution in [0.2, 0.25) is 0 Å². The maximum atomic E-state index is 12.2. The van der Waals surface area contributed by atoms with Gasteiger partial charge in [0.25, 0.3) is 11.4 Å². The van der Waals surface area contributed by atoms with Gasteiger partial charge in [-0.15, -0.1) is 0 Å². The van der Waals surface area contributed by atoms with Crippen LogP contribution in [0.3, 0.4) is 0 Å². The van der Waals surface area contributed by atoms with Crippen LogP contribution in [0.15, 0.2) is 66.4 Å². The number of nitrogens with zero attached hydrogens (tertiary/aromatic N) is 6. The Bertz CT molecular complexity index is 1990. The van der Waals surface area contributed by atoms with Crippen molar-refractivity contribution >= 4 is 40.4 Å². The Kier molecular flexibility index (Phi) is 11.0. The summed E-state index contributed by atoms with van der Waals surface area (Å²) in [4.78, 5) is 70.1. The number of hydrogen-bond acceptors (Lipinski definition) is 16. The summed E-state index contributed by atoms with van der Waals surface area (Å²) >= 11 is 0. The molecule has 19 nitrogen and oxygen atoms in total. The molecule has 0 radical (unpaired) electrons. The molecule has 0 saturated carbocycles. The monoisotopic (exact) mass is 706 g/mol. The third kappa shape index (κ3) is 8.88. The molecule has 1 aliphatic rings. The normalized spacial score (nSPS) is 15.2. The maximum Gasteiger partial charge on any atom is 0.321 e. The molecular weight excluding hydrogens is 676 g/mol. The van der Waals surface area contributed by atoms with E-state index in [1.54, 1.807) is 24.3 Å². The quantitative estimate of drug-likeness (QED) is 0.0741. The van der Waals surface area contributed by atoms with Crippen molar-refractivity contribution in [3.8, 4) is 11.9 Å². The van der Waals surface area contributed by atoms with Gasteiger partial charge >= 0.3 is 23.9 Å². The first-order chi connectivity index (χ1) is 24.4. The maximum absolute atomic E-state index is 12.2. The van der Waals surface area contributed by atoms with E-state index in [-0.39, 0.29) is 59.2 Å². The summed E-state index contributed by atoms with van der Waals surface area (Å²) in [6, 6.07) is 11.8. The lowest BCUT2D eigenvalue weighted by Crippen LogP contribution is -2.28. The molecule has 2 atom stereocenters. The van der Waals surface area contributed by atoms with Gasteiger partial charge in [-0.2, -0.15) is 9.97 Å². The van der Waals surface area contributed by atoms with E-state index in [4.69, 9.17) is 28.4 Å². The Balaban J connectivity index is 1.46. The van der Waals surface area contributed by atoms with Gasteiger partial charge in [-0.3, -0.25) is 39.2 Å². The highest BCUT2D eigenvalue weighted by Gasteiger charge is 2.44. The first-order valence-corrected chi connectivity index (χ1v) is 15.2. The van der Waals surface area contributed by atoms with Gasteiger partial charge in [0, 0.05) is 57.9 Å². The number of aromatic nitrogens is 4. The average Bonchev–Trinajstić information content (AvgIpc) is 3.64. The number of nitro benzene ring substituents is 2. The van der Waals surface area contributed by atoms with E-state index >= 15 is 0 Å². The molecule has 1 unspecified atom stereocenters. The van der Waals surface area contributed by atoms with E-state index < -0.39 is 46.7 Å². The zero-order valence-electron chi connectivity index (χ0n) is 27.4. The molecule has 51 heavy (non-hydrogen) atoms. The molecule has 0 amide bonds. The minimum Gasteiger partial charge on any atom is -0.476 e. The molecule has 0 N–H and O–H groups in total. The van der Waals surface area contributed by atoms with Crippen molar-refractivity contribution in [1.29, 1.82) is 0 Å². The summed E-state index contributed by atoms with van der Waals surface area (Å²) in [5.74, 6) is -2.42. The van der Waals surface area contributed by atoms with Crippen molar-refractivity contribution in [2.24, 2.45) is 0 Å². The number of imidazole rings is 1. The van der Waals surface area contributed by atoms with Gasteiger partial charge in [-0.05, 0) is 11.1 Å². The fourth-order valence-corrected chi connectivity index (χ4v) is 4.91. The number of non-ortho nitro benzene ring substituents is 2. The van der Waals surface area contributed by atoms with Crippen LogP contribution >= 0.6 is 0 Å². The van der Waals surface area contributed by atoms with Crippen LogP contribution in [0.5, 0.6) is 11.9 Å². The fourth-order valence-electron chi connectivity index (χ4n) is 4.91. The molecule has 0 bridgehead atoms. The number of esters is 3. The average molecular weight is 707 g/mol. The SMILES string of the molecule is CC(=O)OCC1=C(OC(C)=O)C(OC(C)=O)[C@H](n2cnc3c(OCCc4ccc([N+](=O)[O-])cc4)nc(OCCc4ccc([N+](=O)[O-])cc4)nc32)O1. The summed E-state index contributed by atoms with van der Waals surface area (Å²) in [5, 5.41) is 22.0. The molecule has 1 aliphatic heterocycles. The Hall–Kier alpha value is -6.66. The van der Waals surface area contributed by atoms with E-state index in [2.05, 4.69) is 15.0 Å². The molecular formula is C32H30N6O13. The fraction of sp³-hybridized carbons (Fsp3) is 0.312. The summed E-state index contributed by atoms with van der Waals surface area (Å²) < 4.78 is 35.2. The van der Waals surface area contributed by atoms with Crippen molar-refractivity contribution in [3.05, 3.63) is 97.7 Å². The van der Waals surface area contributed by atoms with Gasteiger partial charge in [0.1, 0.15) is 6.33 Å². The molecule has 4 aromatic rings. The third-order valence-electron chi connectivity index (χ3n) is 7.20. The minimum atomic E-state index is -1.35. The van der Waals surface area contributed by atoms with Gasteiger partial charge < -0.3 is 28.4 Å². The van der Waals surface area contributed by atoms with E-state index in [1.807, 2.05) is 0 Å². The highest BCUT2D eigenvalue weighted by atomic mass is 16.6. The lowest BCUT2D eigenvalue weighted by molar-refractivity contribution is -0.385. The number of carbonyl (C=O) groups excluding carboxylic acids is 3. The van der Waals surface area contributed by atoms with Crippen molar-refractivity contribution in [2.75, 3.05) is 19.8 Å². The molecule has 19 heteroatoms. The highest BCUT2D eigenvalue weighted by Crippen LogP contribution is 2.38. The lowest BCUT2D eigenvalue weighted by Gasteiger charge is -2.21. The smallest absolute Gasteiger partial charge is 0.321 e. The number of benzene rings is 2. The summed E-state index contributed by atoms with van der Waals surface area (Å²) in [6.07, 6.45) is -0.609. The summed E-state index contributed by atoms with van der Waals surface area (Å²) in [6.45, 7) is 3.14. The molecule has 0 saturated heterocycles. The van der Waals surface area contributed by atoms with E-state index in [9.17, 15) is 34.6 Å². The van der Waals surface area contributed by atoms with Crippen LogP contribution in [-0.2, 0) is 46.2 Å². The van der Waals surface area contributed by atoms with Crippen molar-refractivity contribution in [1.82, 2.24) is 19.5 Å². The van der Waals surface area contributed by atoms with Crippen LogP contribution in [0.1, 0.15) is 38.1 Å². The van der Waals surface area contributed by atoms with Crippen molar-refractivity contribution in [3.63, 3.8) is 0 Å². The first-order valence-electron chi connectivity index (χ1n) is 15.2. The third-order valence-corrected chi connectivity index (χ3v) is 7.20. The molecule has 5 rings (SSSR count). The van der Waals surface area contributed by atoms with Crippen LogP contribution in [0, 0.1) is 20.2 Å². The Labute approximate surface area is 288 Å². The standard InChI is InChI=1S/C32H30N6O13/c1-18(39)48-16-25-27(49-19(2)40)28(50-20(3)41)31(51-25)36-17-33-26-29(36)34-32(47-15-13-22-6-10-24(11-7-22)38(44)45)35-30(26)46-14-12-21-4-8-23(9-5-21)37(42)43/h4-11,17,28,31H,12-16H2,1-3H3/t28?,31-/m1/s1. The van der Waals surface area contributed by atoms with Crippen LogP contribution in [0.4, 0.5) is 11.4 Å².